The summed E-state index contributed by atoms with van der Waals surface area (Å²) in [5.41, 5.74) is 3.86. The van der Waals surface area contributed by atoms with Gasteiger partial charge in [-0.1, -0.05) is 6.07 Å². The van der Waals surface area contributed by atoms with Crippen molar-refractivity contribution in [3.05, 3.63) is 28.8 Å². The first-order chi connectivity index (χ1) is 8.69. The number of carbonyl (C=O) groups excluding carboxylic acids is 1. The average Bonchev–Trinajstić information content (AvgIpc) is 2.38. The number of ether oxygens (including phenoxy) is 1. The third-order valence-corrected chi connectivity index (χ3v) is 4.22. The van der Waals surface area contributed by atoms with Crippen molar-refractivity contribution in [3.8, 4) is 5.75 Å². The molecule has 18 heavy (non-hydrogen) atoms. The van der Waals surface area contributed by atoms with Crippen LogP contribution in [-0.4, -0.2) is 30.9 Å². The van der Waals surface area contributed by atoms with Crippen molar-refractivity contribution in [2.45, 2.75) is 32.2 Å². The van der Waals surface area contributed by atoms with Gasteiger partial charge in [0.15, 0.2) is 0 Å². The lowest BCUT2D eigenvalue weighted by atomic mass is 9.85. The smallest absolute Gasteiger partial charge is 0.136 e. The highest BCUT2D eigenvalue weighted by molar-refractivity contribution is 5.80. The van der Waals surface area contributed by atoms with E-state index in [-0.39, 0.29) is 0 Å². The predicted molar refractivity (Wildman–Crippen MR) is 70.0 cm³/mol. The number of methoxy groups -OCH3 is 1. The summed E-state index contributed by atoms with van der Waals surface area (Å²) < 4.78 is 5.39. The van der Waals surface area contributed by atoms with Gasteiger partial charge in [0.2, 0.25) is 0 Å². The monoisotopic (exact) mass is 245 g/mol. The summed E-state index contributed by atoms with van der Waals surface area (Å²) >= 11 is 0. The zero-order chi connectivity index (χ0) is 12.7. The summed E-state index contributed by atoms with van der Waals surface area (Å²) in [4.78, 5) is 14.1. The number of aryl methyl sites for hydroxylation is 1. The Kier molecular flexibility index (Phi) is 2.86. The maximum atomic E-state index is 11.7. The molecule has 1 aromatic rings. The van der Waals surface area contributed by atoms with Crippen LogP contribution in [0.2, 0.25) is 0 Å². The molecule has 2 aliphatic heterocycles. The van der Waals surface area contributed by atoms with Crippen LogP contribution in [0, 0.1) is 6.92 Å². The number of ketones is 1. The minimum Gasteiger partial charge on any atom is -0.496 e. The second-order valence-corrected chi connectivity index (χ2v) is 5.32. The largest absolute Gasteiger partial charge is 0.496 e. The van der Waals surface area contributed by atoms with Crippen molar-refractivity contribution in [2.75, 3.05) is 20.2 Å². The molecule has 0 radical (unpaired) electrons. The summed E-state index contributed by atoms with van der Waals surface area (Å²) in [7, 11) is 1.72. The van der Waals surface area contributed by atoms with Crippen molar-refractivity contribution in [3.63, 3.8) is 0 Å². The Balaban J connectivity index is 2.02. The molecule has 0 aliphatic carbocycles. The van der Waals surface area contributed by atoms with Gasteiger partial charge in [-0.25, -0.2) is 0 Å². The third kappa shape index (κ3) is 1.83. The Morgan fingerprint density at radius 2 is 2.06 bits per heavy atom. The molecule has 0 saturated carbocycles. The van der Waals surface area contributed by atoms with Gasteiger partial charge in [0.05, 0.1) is 7.11 Å². The Morgan fingerprint density at radius 1 is 1.28 bits per heavy atom. The molecule has 1 unspecified atom stereocenters. The summed E-state index contributed by atoms with van der Waals surface area (Å²) in [5, 5.41) is 0. The van der Waals surface area contributed by atoms with Gasteiger partial charge in [0, 0.05) is 32.0 Å². The van der Waals surface area contributed by atoms with Crippen LogP contribution in [0.15, 0.2) is 12.1 Å². The molecule has 1 fully saturated rings. The number of rotatable bonds is 1. The highest BCUT2D eigenvalue weighted by atomic mass is 16.5. The molecule has 1 atom stereocenters. The van der Waals surface area contributed by atoms with Crippen molar-refractivity contribution < 1.29 is 9.53 Å². The van der Waals surface area contributed by atoms with Crippen LogP contribution >= 0.6 is 0 Å². The van der Waals surface area contributed by atoms with Gasteiger partial charge in [-0.15, -0.1) is 0 Å². The summed E-state index contributed by atoms with van der Waals surface area (Å²) in [5.74, 6) is 1.36. The van der Waals surface area contributed by atoms with Gasteiger partial charge < -0.3 is 4.74 Å². The minimum atomic E-state index is 0.305. The molecule has 0 bridgehead atoms. The molecule has 1 saturated heterocycles. The second-order valence-electron chi connectivity index (χ2n) is 5.32. The lowest BCUT2D eigenvalue weighted by Crippen LogP contribution is -2.41. The Labute approximate surface area is 108 Å². The number of Topliss-reactive ketones (excluding diaryl/α,β-unsaturated/α-hetero) is 1. The fourth-order valence-corrected chi connectivity index (χ4v) is 3.21. The first-order valence-corrected chi connectivity index (χ1v) is 6.62. The molecule has 0 spiro atoms. The average molecular weight is 245 g/mol. The molecule has 2 aliphatic rings. The molecule has 2 heterocycles. The maximum absolute atomic E-state index is 11.7. The SMILES string of the molecule is COc1cc2c(cc1C)C1CC(=O)CCN1CC2. The standard InChI is InChI=1S/C15H19NO2/c1-10-7-13-11(8-15(10)18-2)3-5-16-6-4-12(17)9-14(13)16/h7-8,14H,3-6,9H2,1-2H3. The van der Waals surface area contributed by atoms with Crippen LogP contribution in [0.25, 0.3) is 0 Å². The number of fused-ring (bicyclic) bond motifs is 3. The quantitative estimate of drug-likeness (QED) is 0.760. The second kappa shape index (κ2) is 4.39. The summed E-state index contributed by atoms with van der Waals surface area (Å²) in [6, 6.07) is 4.67. The Bertz CT molecular complexity index is 496. The topological polar surface area (TPSA) is 29.5 Å². The van der Waals surface area contributed by atoms with Crippen LogP contribution in [0.5, 0.6) is 5.75 Å². The number of piperidine rings is 1. The normalized spacial score (nSPS) is 23.4. The van der Waals surface area contributed by atoms with E-state index < -0.39 is 0 Å². The van der Waals surface area contributed by atoms with Crippen LogP contribution in [0.4, 0.5) is 0 Å². The Morgan fingerprint density at radius 3 is 2.83 bits per heavy atom. The number of hydrogen-bond donors (Lipinski definition) is 0. The van der Waals surface area contributed by atoms with E-state index in [0.717, 1.165) is 37.2 Å². The molecule has 1 aromatic carbocycles. The van der Waals surface area contributed by atoms with Gasteiger partial charge in [0.1, 0.15) is 11.5 Å². The summed E-state index contributed by atoms with van der Waals surface area (Å²) in [6.07, 6.45) is 2.47. The zero-order valence-corrected chi connectivity index (χ0v) is 11.0. The van der Waals surface area contributed by atoms with Crippen LogP contribution < -0.4 is 4.74 Å². The van der Waals surface area contributed by atoms with E-state index in [1.54, 1.807) is 7.11 Å². The van der Waals surface area contributed by atoms with Gasteiger partial charge in [-0.2, -0.15) is 0 Å². The van der Waals surface area contributed by atoms with E-state index in [1.807, 2.05) is 0 Å². The number of nitrogens with zero attached hydrogens (tertiary/aromatic N) is 1. The Hall–Kier alpha value is -1.35. The molecule has 0 aromatic heterocycles. The lowest BCUT2D eigenvalue weighted by molar-refractivity contribution is -0.123. The van der Waals surface area contributed by atoms with Gasteiger partial charge in [-0.05, 0) is 36.1 Å². The molecule has 3 heteroatoms. The third-order valence-electron chi connectivity index (χ3n) is 4.22. The molecule has 3 nitrogen and oxygen atoms in total. The fraction of sp³-hybridized carbons (Fsp3) is 0.533. The van der Waals surface area contributed by atoms with Gasteiger partial charge in [0.25, 0.3) is 0 Å². The van der Waals surface area contributed by atoms with Crippen molar-refractivity contribution in [1.29, 1.82) is 0 Å². The van der Waals surface area contributed by atoms with Gasteiger partial charge >= 0.3 is 0 Å². The molecular formula is C15H19NO2. The maximum Gasteiger partial charge on any atom is 0.136 e. The highest BCUT2D eigenvalue weighted by Crippen LogP contribution is 2.38. The van der Waals surface area contributed by atoms with E-state index in [2.05, 4.69) is 24.0 Å². The molecule has 96 valence electrons. The lowest BCUT2D eigenvalue weighted by Gasteiger charge is -2.40. The van der Waals surface area contributed by atoms with E-state index in [1.165, 1.54) is 11.1 Å². The number of hydrogen-bond acceptors (Lipinski definition) is 3. The van der Waals surface area contributed by atoms with Crippen LogP contribution in [0.3, 0.4) is 0 Å². The zero-order valence-electron chi connectivity index (χ0n) is 11.0. The molecule has 0 N–H and O–H groups in total. The summed E-state index contributed by atoms with van der Waals surface area (Å²) in [6.45, 7) is 4.06. The van der Waals surface area contributed by atoms with Crippen molar-refractivity contribution >= 4 is 5.78 Å². The highest BCUT2D eigenvalue weighted by Gasteiger charge is 2.33. The van der Waals surface area contributed by atoms with E-state index in [0.29, 0.717) is 18.2 Å². The number of benzene rings is 1. The van der Waals surface area contributed by atoms with Crippen molar-refractivity contribution in [2.24, 2.45) is 0 Å². The van der Waals surface area contributed by atoms with Gasteiger partial charge in [-0.3, -0.25) is 9.69 Å². The first kappa shape index (κ1) is 11.7. The fourth-order valence-electron chi connectivity index (χ4n) is 3.21. The first-order valence-electron chi connectivity index (χ1n) is 6.62. The minimum absolute atomic E-state index is 0.305. The van der Waals surface area contributed by atoms with Crippen LogP contribution in [-0.2, 0) is 11.2 Å². The van der Waals surface area contributed by atoms with Crippen molar-refractivity contribution in [1.82, 2.24) is 4.90 Å². The van der Waals surface area contributed by atoms with Crippen LogP contribution in [0.1, 0.15) is 35.6 Å². The molecule has 3 rings (SSSR count). The molecular weight excluding hydrogens is 226 g/mol. The van der Waals surface area contributed by atoms with E-state index >= 15 is 0 Å². The number of carbonyl (C=O) groups is 1. The van der Waals surface area contributed by atoms with E-state index in [9.17, 15) is 4.79 Å². The predicted octanol–water partition coefficient (Wildman–Crippen LogP) is 2.27. The van der Waals surface area contributed by atoms with E-state index in [4.69, 9.17) is 4.74 Å². The molecule has 0 amide bonds.